The highest BCUT2D eigenvalue weighted by atomic mass is 16.5. The highest BCUT2D eigenvalue weighted by Crippen LogP contribution is 2.21. The van der Waals surface area contributed by atoms with Gasteiger partial charge in [0.05, 0.1) is 7.11 Å². The highest BCUT2D eigenvalue weighted by molar-refractivity contribution is 5.53. The van der Waals surface area contributed by atoms with Gasteiger partial charge in [-0.2, -0.15) is 0 Å². The molecule has 3 rings (SSSR count). The van der Waals surface area contributed by atoms with Crippen LogP contribution in [0.25, 0.3) is 11.5 Å². The SMILES string of the molecule is COc1cccc(OCc2nnc(-c3cccc(C)c3)o2)c1. The molecule has 0 saturated carbocycles. The number of aromatic nitrogens is 2. The van der Waals surface area contributed by atoms with Gasteiger partial charge < -0.3 is 13.9 Å². The third-order valence-corrected chi connectivity index (χ3v) is 3.14. The van der Waals surface area contributed by atoms with Crippen molar-refractivity contribution in [3.8, 4) is 23.0 Å². The van der Waals surface area contributed by atoms with Crippen molar-refractivity contribution in [1.29, 1.82) is 0 Å². The van der Waals surface area contributed by atoms with Gasteiger partial charge in [-0.15, -0.1) is 10.2 Å². The largest absolute Gasteiger partial charge is 0.497 e. The predicted molar refractivity (Wildman–Crippen MR) is 81.8 cm³/mol. The molecule has 0 aliphatic carbocycles. The maximum atomic E-state index is 5.63. The van der Waals surface area contributed by atoms with Gasteiger partial charge in [-0.25, -0.2) is 0 Å². The van der Waals surface area contributed by atoms with Crippen LogP contribution in [-0.2, 0) is 6.61 Å². The van der Waals surface area contributed by atoms with E-state index in [1.165, 1.54) is 0 Å². The van der Waals surface area contributed by atoms with Crippen LogP contribution in [-0.4, -0.2) is 17.3 Å². The first-order valence-electron chi connectivity index (χ1n) is 6.91. The summed E-state index contributed by atoms with van der Waals surface area (Å²) in [6.07, 6.45) is 0. The Hall–Kier alpha value is -2.82. The monoisotopic (exact) mass is 296 g/mol. The first-order chi connectivity index (χ1) is 10.7. The summed E-state index contributed by atoms with van der Waals surface area (Å²) in [6, 6.07) is 15.3. The average Bonchev–Trinajstić information content (AvgIpc) is 3.02. The van der Waals surface area contributed by atoms with Gasteiger partial charge in [0.25, 0.3) is 5.89 Å². The van der Waals surface area contributed by atoms with E-state index in [0.29, 0.717) is 17.5 Å². The second kappa shape index (κ2) is 6.30. The second-order valence-electron chi connectivity index (χ2n) is 4.84. The zero-order chi connectivity index (χ0) is 15.4. The fourth-order valence-electron chi connectivity index (χ4n) is 2.04. The van der Waals surface area contributed by atoms with E-state index in [-0.39, 0.29) is 6.61 Å². The van der Waals surface area contributed by atoms with E-state index in [0.717, 1.165) is 16.9 Å². The molecular weight excluding hydrogens is 280 g/mol. The van der Waals surface area contributed by atoms with E-state index in [2.05, 4.69) is 10.2 Å². The van der Waals surface area contributed by atoms with Gasteiger partial charge in [0.15, 0.2) is 6.61 Å². The lowest BCUT2D eigenvalue weighted by molar-refractivity contribution is 0.263. The van der Waals surface area contributed by atoms with Crippen molar-refractivity contribution in [3.63, 3.8) is 0 Å². The number of hydrogen-bond donors (Lipinski definition) is 0. The molecule has 5 heteroatoms. The van der Waals surface area contributed by atoms with Gasteiger partial charge in [-0.3, -0.25) is 0 Å². The van der Waals surface area contributed by atoms with Crippen LogP contribution in [0.4, 0.5) is 0 Å². The quantitative estimate of drug-likeness (QED) is 0.719. The Kier molecular flexibility index (Phi) is 4.05. The Labute approximate surface area is 128 Å². The molecule has 0 N–H and O–H groups in total. The maximum absolute atomic E-state index is 5.63. The minimum atomic E-state index is 0.214. The lowest BCUT2D eigenvalue weighted by Gasteiger charge is -2.05. The summed E-state index contributed by atoms with van der Waals surface area (Å²) in [5.41, 5.74) is 2.05. The summed E-state index contributed by atoms with van der Waals surface area (Å²) in [5.74, 6) is 2.35. The number of rotatable bonds is 5. The first-order valence-corrected chi connectivity index (χ1v) is 6.91. The predicted octanol–water partition coefficient (Wildman–Crippen LogP) is 3.63. The molecule has 0 radical (unpaired) electrons. The van der Waals surface area contributed by atoms with Crippen LogP contribution in [0.2, 0.25) is 0 Å². The average molecular weight is 296 g/mol. The van der Waals surface area contributed by atoms with Crippen molar-refractivity contribution in [2.24, 2.45) is 0 Å². The van der Waals surface area contributed by atoms with Gasteiger partial charge >= 0.3 is 0 Å². The topological polar surface area (TPSA) is 57.4 Å². The molecule has 3 aromatic rings. The van der Waals surface area contributed by atoms with Crippen LogP contribution in [0.3, 0.4) is 0 Å². The molecule has 0 saturated heterocycles. The molecule has 1 aromatic heterocycles. The molecular formula is C17H16N2O3. The molecule has 0 aliphatic heterocycles. The summed E-state index contributed by atoms with van der Waals surface area (Å²) in [7, 11) is 1.62. The summed E-state index contributed by atoms with van der Waals surface area (Å²) in [6.45, 7) is 2.23. The summed E-state index contributed by atoms with van der Waals surface area (Å²) in [4.78, 5) is 0. The van der Waals surface area contributed by atoms with E-state index in [4.69, 9.17) is 13.9 Å². The first kappa shape index (κ1) is 14.1. The number of ether oxygens (including phenoxy) is 2. The van der Waals surface area contributed by atoms with Crippen molar-refractivity contribution in [1.82, 2.24) is 10.2 Å². The van der Waals surface area contributed by atoms with Gasteiger partial charge in [-0.1, -0.05) is 23.8 Å². The number of benzene rings is 2. The molecule has 0 bridgehead atoms. The Morgan fingerprint density at radius 1 is 1.00 bits per heavy atom. The number of methoxy groups -OCH3 is 1. The number of aryl methyl sites for hydroxylation is 1. The minimum absolute atomic E-state index is 0.214. The van der Waals surface area contributed by atoms with Crippen molar-refractivity contribution in [2.75, 3.05) is 7.11 Å². The van der Waals surface area contributed by atoms with Crippen LogP contribution >= 0.6 is 0 Å². The van der Waals surface area contributed by atoms with Crippen molar-refractivity contribution >= 4 is 0 Å². The maximum Gasteiger partial charge on any atom is 0.254 e. The van der Waals surface area contributed by atoms with Gasteiger partial charge in [0.1, 0.15) is 11.5 Å². The number of hydrogen-bond acceptors (Lipinski definition) is 5. The van der Waals surface area contributed by atoms with E-state index < -0.39 is 0 Å². The Morgan fingerprint density at radius 2 is 1.82 bits per heavy atom. The van der Waals surface area contributed by atoms with E-state index >= 15 is 0 Å². The zero-order valence-corrected chi connectivity index (χ0v) is 12.4. The molecule has 0 spiro atoms. The van der Waals surface area contributed by atoms with E-state index in [9.17, 15) is 0 Å². The van der Waals surface area contributed by atoms with Gasteiger partial charge in [0, 0.05) is 11.6 Å². The van der Waals surface area contributed by atoms with Crippen LogP contribution in [0.5, 0.6) is 11.5 Å². The molecule has 5 nitrogen and oxygen atoms in total. The molecule has 0 unspecified atom stereocenters. The summed E-state index contributed by atoms with van der Waals surface area (Å²) < 4.78 is 16.4. The molecule has 0 atom stereocenters. The van der Waals surface area contributed by atoms with Gasteiger partial charge in [-0.05, 0) is 31.2 Å². The zero-order valence-electron chi connectivity index (χ0n) is 12.4. The Balaban J connectivity index is 1.69. The van der Waals surface area contributed by atoms with Crippen molar-refractivity contribution < 1.29 is 13.9 Å². The lowest BCUT2D eigenvalue weighted by Crippen LogP contribution is -1.96. The summed E-state index contributed by atoms with van der Waals surface area (Å²) >= 11 is 0. The lowest BCUT2D eigenvalue weighted by atomic mass is 10.1. The van der Waals surface area contributed by atoms with Crippen molar-refractivity contribution in [2.45, 2.75) is 13.5 Å². The second-order valence-corrected chi connectivity index (χ2v) is 4.84. The highest BCUT2D eigenvalue weighted by Gasteiger charge is 2.09. The standard InChI is InChI=1S/C17H16N2O3/c1-12-5-3-6-13(9-12)17-19-18-16(22-17)11-21-15-8-4-7-14(10-15)20-2/h3-10H,11H2,1-2H3. The molecule has 22 heavy (non-hydrogen) atoms. The third-order valence-electron chi connectivity index (χ3n) is 3.14. The molecule has 2 aromatic carbocycles. The van der Waals surface area contributed by atoms with Crippen LogP contribution < -0.4 is 9.47 Å². The van der Waals surface area contributed by atoms with E-state index in [1.807, 2.05) is 49.4 Å². The van der Waals surface area contributed by atoms with Crippen molar-refractivity contribution in [3.05, 3.63) is 60.0 Å². The smallest absolute Gasteiger partial charge is 0.254 e. The minimum Gasteiger partial charge on any atom is -0.497 e. The molecule has 0 fully saturated rings. The fourth-order valence-corrected chi connectivity index (χ4v) is 2.04. The Bertz CT molecular complexity index is 768. The van der Waals surface area contributed by atoms with Crippen LogP contribution in [0, 0.1) is 6.92 Å². The van der Waals surface area contributed by atoms with Gasteiger partial charge in [0.2, 0.25) is 5.89 Å². The third kappa shape index (κ3) is 3.25. The van der Waals surface area contributed by atoms with Crippen LogP contribution in [0.1, 0.15) is 11.5 Å². The molecule has 0 aliphatic rings. The normalized spacial score (nSPS) is 10.5. The molecule has 1 heterocycles. The fraction of sp³-hybridized carbons (Fsp3) is 0.176. The Morgan fingerprint density at radius 3 is 2.64 bits per heavy atom. The molecule has 0 amide bonds. The number of nitrogens with zero attached hydrogens (tertiary/aromatic N) is 2. The van der Waals surface area contributed by atoms with E-state index in [1.54, 1.807) is 13.2 Å². The van der Waals surface area contributed by atoms with Crippen LogP contribution in [0.15, 0.2) is 52.9 Å². The molecule has 112 valence electrons. The summed E-state index contributed by atoms with van der Waals surface area (Å²) in [5, 5.41) is 8.06.